The lowest BCUT2D eigenvalue weighted by Crippen LogP contribution is -2.25. The van der Waals surface area contributed by atoms with Crippen molar-refractivity contribution in [3.8, 4) is 5.75 Å². The number of unbranched alkanes of at least 4 members (excludes halogenated alkanes) is 1. The molecule has 0 amide bonds. The first kappa shape index (κ1) is 22.4. The topological polar surface area (TPSA) is 9.23 Å². The van der Waals surface area contributed by atoms with Crippen LogP contribution in [0.4, 0.5) is 4.39 Å². The average molecular weight is 401 g/mol. The number of alkyl halides is 1. The predicted octanol–water partition coefficient (Wildman–Crippen LogP) is 8.25. The molecule has 2 heteroatoms. The van der Waals surface area contributed by atoms with E-state index in [1.165, 1.54) is 69.8 Å². The van der Waals surface area contributed by atoms with E-state index in [0.717, 1.165) is 42.4 Å². The van der Waals surface area contributed by atoms with E-state index >= 15 is 0 Å². The Morgan fingerprint density at radius 2 is 1.48 bits per heavy atom. The van der Waals surface area contributed by atoms with Gasteiger partial charge in [-0.05, 0) is 106 Å². The van der Waals surface area contributed by atoms with Gasteiger partial charge in [-0.15, -0.1) is 0 Å². The molecule has 0 aliphatic heterocycles. The van der Waals surface area contributed by atoms with Crippen LogP contribution in [0.1, 0.15) is 95.5 Å². The van der Waals surface area contributed by atoms with Gasteiger partial charge in [0.05, 0.1) is 13.3 Å². The summed E-state index contributed by atoms with van der Waals surface area (Å²) in [5, 5.41) is 0. The van der Waals surface area contributed by atoms with Crippen LogP contribution in [0.2, 0.25) is 0 Å². The van der Waals surface area contributed by atoms with Crippen molar-refractivity contribution in [2.24, 2.45) is 17.8 Å². The van der Waals surface area contributed by atoms with Gasteiger partial charge >= 0.3 is 0 Å². The molecule has 29 heavy (non-hydrogen) atoms. The second-order valence-corrected chi connectivity index (χ2v) is 9.27. The molecule has 3 rings (SSSR count). The third-order valence-electron chi connectivity index (χ3n) is 7.42. The van der Waals surface area contributed by atoms with Crippen LogP contribution in [-0.2, 0) is 0 Å². The van der Waals surface area contributed by atoms with Crippen LogP contribution in [0.25, 0.3) is 0 Å². The molecular weight excluding hydrogens is 359 g/mol. The summed E-state index contributed by atoms with van der Waals surface area (Å²) < 4.78 is 17.7. The van der Waals surface area contributed by atoms with Crippen molar-refractivity contribution in [1.29, 1.82) is 0 Å². The minimum atomic E-state index is -0.220. The van der Waals surface area contributed by atoms with E-state index in [9.17, 15) is 4.39 Å². The summed E-state index contributed by atoms with van der Waals surface area (Å²) in [6.45, 7) is 2.56. The van der Waals surface area contributed by atoms with Gasteiger partial charge in [-0.25, -0.2) is 0 Å². The van der Waals surface area contributed by atoms with Gasteiger partial charge in [-0.2, -0.15) is 0 Å². The van der Waals surface area contributed by atoms with Gasteiger partial charge in [-0.3, -0.25) is 4.39 Å². The van der Waals surface area contributed by atoms with E-state index in [0.29, 0.717) is 6.42 Å². The number of allylic oxidation sites excluding steroid dienone is 2. The first-order valence-corrected chi connectivity index (χ1v) is 12.2. The normalized spacial score (nSPS) is 27.9. The summed E-state index contributed by atoms with van der Waals surface area (Å²) in [5.74, 6) is 4.65. The lowest BCUT2D eigenvalue weighted by Gasteiger charge is -2.38. The van der Waals surface area contributed by atoms with Crippen molar-refractivity contribution in [3.63, 3.8) is 0 Å². The van der Waals surface area contributed by atoms with Crippen molar-refractivity contribution in [2.75, 3.05) is 13.3 Å². The Bertz CT molecular complexity index is 577. The molecule has 0 N–H and O–H groups in total. The first-order valence-electron chi connectivity index (χ1n) is 12.2. The van der Waals surface area contributed by atoms with Crippen molar-refractivity contribution >= 4 is 0 Å². The minimum absolute atomic E-state index is 0.220. The lowest BCUT2D eigenvalue weighted by atomic mass is 9.68. The summed E-state index contributed by atoms with van der Waals surface area (Å²) in [5.41, 5.74) is 1.51. The molecule has 0 saturated heterocycles. The Kier molecular flexibility index (Phi) is 9.57. The summed E-state index contributed by atoms with van der Waals surface area (Å²) in [4.78, 5) is 0. The van der Waals surface area contributed by atoms with Crippen molar-refractivity contribution in [1.82, 2.24) is 0 Å². The second-order valence-electron chi connectivity index (χ2n) is 9.27. The number of benzene rings is 1. The largest absolute Gasteiger partial charge is 0.494 e. The Balaban J connectivity index is 1.33. The molecule has 2 fully saturated rings. The Morgan fingerprint density at radius 3 is 2.10 bits per heavy atom. The third-order valence-corrected chi connectivity index (χ3v) is 7.42. The highest BCUT2D eigenvalue weighted by Crippen LogP contribution is 2.44. The van der Waals surface area contributed by atoms with Crippen LogP contribution in [0, 0.1) is 17.8 Å². The monoisotopic (exact) mass is 400 g/mol. The minimum Gasteiger partial charge on any atom is -0.494 e. The van der Waals surface area contributed by atoms with E-state index in [4.69, 9.17) is 4.74 Å². The maximum atomic E-state index is 12.1. The van der Waals surface area contributed by atoms with E-state index < -0.39 is 0 Å². The molecule has 0 spiro atoms. The maximum Gasteiger partial charge on any atom is 0.119 e. The zero-order chi connectivity index (χ0) is 20.3. The summed E-state index contributed by atoms with van der Waals surface area (Å²) >= 11 is 0. The number of rotatable bonds is 10. The third kappa shape index (κ3) is 7.15. The van der Waals surface area contributed by atoms with Gasteiger partial charge in [0, 0.05) is 0 Å². The average Bonchev–Trinajstić information content (AvgIpc) is 2.78. The predicted molar refractivity (Wildman–Crippen MR) is 121 cm³/mol. The fraction of sp³-hybridized carbons (Fsp3) is 0.704. The first-order chi connectivity index (χ1) is 14.3. The van der Waals surface area contributed by atoms with E-state index in [-0.39, 0.29) is 6.67 Å². The number of hydrogen-bond donors (Lipinski definition) is 0. The molecule has 1 aromatic rings. The van der Waals surface area contributed by atoms with Crippen LogP contribution < -0.4 is 4.74 Å². The highest BCUT2D eigenvalue weighted by molar-refractivity contribution is 5.29. The molecule has 0 radical (unpaired) electrons. The molecule has 0 atom stereocenters. The second kappa shape index (κ2) is 12.4. The molecule has 0 unspecified atom stereocenters. The highest BCUT2D eigenvalue weighted by Gasteiger charge is 2.31. The SMILES string of the molecule is CCOc1ccc(C2CCC(C3CCC(CCC/C=C/CCF)CC3)CC2)cc1. The van der Waals surface area contributed by atoms with Crippen LogP contribution in [-0.4, -0.2) is 13.3 Å². The van der Waals surface area contributed by atoms with E-state index in [2.05, 4.69) is 30.3 Å². The molecule has 162 valence electrons. The zero-order valence-corrected chi connectivity index (χ0v) is 18.5. The standard InChI is InChI=1S/C27H41FO/c1-2-29-27-19-17-26(18-20-27)25-15-13-24(14-16-25)23-11-9-22(10-12-23)8-6-4-3-5-7-21-28/h3,5,17-20,22-25H,2,4,6-16,21H2,1H3/b5-3+. The Morgan fingerprint density at radius 1 is 0.862 bits per heavy atom. The zero-order valence-electron chi connectivity index (χ0n) is 18.5. The molecule has 1 nitrogen and oxygen atoms in total. The van der Waals surface area contributed by atoms with Gasteiger partial charge in [0.25, 0.3) is 0 Å². The van der Waals surface area contributed by atoms with E-state index in [1.807, 2.05) is 13.0 Å². The Labute approximate surface area is 178 Å². The fourth-order valence-corrected chi connectivity index (χ4v) is 5.70. The van der Waals surface area contributed by atoms with Crippen molar-refractivity contribution in [2.45, 2.75) is 89.9 Å². The molecular formula is C27H41FO. The van der Waals surface area contributed by atoms with Crippen LogP contribution in [0.15, 0.2) is 36.4 Å². The molecule has 2 aliphatic carbocycles. The van der Waals surface area contributed by atoms with Gasteiger partial charge < -0.3 is 4.74 Å². The lowest BCUT2D eigenvalue weighted by molar-refractivity contribution is 0.156. The van der Waals surface area contributed by atoms with Gasteiger partial charge in [0.2, 0.25) is 0 Å². The molecule has 0 heterocycles. The van der Waals surface area contributed by atoms with Gasteiger partial charge in [0.15, 0.2) is 0 Å². The van der Waals surface area contributed by atoms with Crippen LogP contribution in [0.3, 0.4) is 0 Å². The Hall–Kier alpha value is -1.31. The van der Waals surface area contributed by atoms with Gasteiger partial charge in [0.1, 0.15) is 5.75 Å². The van der Waals surface area contributed by atoms with Crippen molar-refractivity contribution in [3.05, 3.63) is 42.0 Å². The van der Waals surface area contributed by atoms with Gasteiger partial charge in [-0.1, -0.05) is 43.5 Å². The quantitative estimate of drug-likeness (QED) is 0.284. The molecule has 0 bridgehead atoms. The van der Waals surface area contributed by atoms with Crippen LogP contribution in [0.5, 0.6) is 5.75 Å². The summed E-state index contributed by atoms with van der Waals surface area (Å²) in [6, 6.07) is 8.86. The number of hydrogen-bond acceptors (Lipinski definition) is 1. The fourth-order valence-electron chi connectivity index (χ4n) is 5.70. The maximum absolute atomic E-state index is 12.1. The summed E-state index contributed by atoms with van der Waals surface area (Å²) in [6.07, 6.45) is 19.9. The number of halogens is 1. The highest BCUT2D eigenvalue weighted by atomic mass is 19.1. The summed E-state index contributed by atoms with van der Waals surface area (Å²) in [7, 11) is 0. The molecule has 2 saturated carbocycles. The van der Waals surface area contributed by atoms with E-state index in [1.54, 1.807) is 0 Å². The molecule has 2 aliphatic rings. The molecule has 1 aromatic carbocycles. The number of ether oxygens (including phenoxy) is 1. The van der Waals surface area contributed by atoms with Crippen molar-refractivity contribution < 1.29 is 9.13 Å². The molecule has 0 aromatic heterocycles. The van der Waals surface area contributed by atoms with Crippen LogP contribution >= 0.6 is 0 Å². The smallest absolute Gasteiger partial charge is 0.119 e.